The van der Waals surface area contributed by atoms with Crippen molar-refractivity contribution in [3.63, 3.8) is 0 Å². The third-order valence-corrected chi connectivity index (χ3v) is 6.63. The van der Waals surface area contributed by atoms with E-state index in [0.29, 0.717) is 61.8 Å². The van der Waals surface area contributed by atoms with E-state index in [1.54, 1.807) is 40.1 Å². The van der Waals surface area contributed by atoms with E-state index in [1.807, 2.05) is 18.7 Å². The molecule has 3 aromatic carbocycles. The van der Waals surface area contributed by atoms with Gasteiger partial charge in [-0.3, -0.25) is 14.4 Å². The third kappa shape index (κ3) is 5.82. The summed E-state index contributed by atoms with van der Waals surface area (Å²) in [6.07, 6.45) is 0. The monoisotopic (exact) mass is 520 g/mol. The molecule has 38 heavy (non-hydrogen) atoms. The van der Waals surface area contributed by atoms with E-state index in [0.717, 1.165) is 0 Å². The lowest BCUT2D eigenvalue weighted by Gasteiger charge is -2.37. The third-order valence-electron chi connectivity index (χ3n) is 6.63. The zero-order valence-corrected chi connectivity index (χ0v) is 21.4. The number of carbonyl (C=O) groups is 3. The van der Waals surface area contributed by atoms with Gasteiger partial charge in [0.15, 0.2) is 0 Å². The number of piperazine rings is 1. The molecule has 0 aliphatic carbocycles. The molecule has 1 N–H and O–H groups in total. The van der Waals surface area contributed by atoms with E-state index >= 15 is 0 Å². The van der Waals surface area contributed by atoms with Crippen molar-refractivity contribution in [2.24, 2.45) is 0 Å². The lowest BCUT2D eigenvalue weighted by molar-refractivity contribution is 0.0740. The number of rotatable bonds is 7. The molecule has 1 heterocycles. The normalized spacial score (nSPS) is 13.3. The number of nitrogens with one attached hydrogen (secondary N) is 1. The van der Waals surface area contributed by atoms with Gasteiger partial charge in [0, 0.05) is 56.2 Å². The van der Waals surface area contributed by atoms with Crippen LogP contribution in [0.4, 0.5) is 20.2 Å². The summed E-state index contributed by atoms with van der Waals surface area (Å²) in [5, 5.41) is 2.69. The Labute approximate surface area is 220 Å². The summed E-state index contributed by atoms with van der Waals surface area (Å²) in [6.45, 7) is 6.55. The number of nitrogens with zero attached hydrogens (tertiary/aromatic N) is 3. The molecule has 1 fully saturated rings. The van der Waals surface area contributed by atoms with Crippen LogP contribution in [0.2, 0.25) is 0 Å². The van der Waals surface area contributed by atoms with Crippen LogP contribution in [0.15, 0.2) is 66.7 Å². The van der Waals surface area contributed by atoms with E-state index in [4.69, 9.17) is 0 Å². The van der Waals surface area contributed by atoms with E-state index < -0.39 is 17.5 Å². The molecule has 9 heteroatoms. The van der Waals surface area contributed by atoms with Crippen molar-refractivity contribution in [2.75, 3.05) is 49.5 Å². The van der Waals surface area contributed by atoms with Crippen LogP contribution in [0, 0.1) is 11.6 Å². The van der Waals surface area contributed by atoms with Crippen molar-refractivity contribution in [3.8, 4) is 0 Å². The SMILES string of the molecule is CCN(CC)C(=O)c1cc(NC(=O)c2ccccc2F)ccc1N1CCN(C(=O)c2cccc(F)c2)CC1. The molecule has 0 atom stereocenters. The highest BCUT2D eigenvalue weighted by Gasteiger charge is 2.27. The van der Waals surface area contributed by atoms with Crippen LogP contribution < -0.4 is 10.2 Å². The number of benzene rings is 3. The first-order valence-corrected chi connectivity index (χ1v) is 12.6. The molecule has 0 bridgehead atoms. The van der Waals surface area contributed by atoms with Gasteiger partial charge in [0.05, 0.1) is 11.1 Å². The van der Waals surface area contributed by atoms with Crippen LogP contribution in [-0.4, -0.2) is 66.8 Å². The first-order chi connectivity index (χ1) is 18.3. The highest BCUT2D eigenvalue weighted by molar-refractivity contribution is 6.06. The van der Waals surface area contributed by atoms with Crippen LogP contribution in [0.3, 0.4) is 0 Å². The maximum absolute atomic E-state index is 14.1. The Morgan fingerprint density at radius 2 is 1.55 bits per heavy atom. The minimum atomic E-state index is -0.633. The van der Waals surface area contributed by atoms with Gasteiger partial charge in [-0.15, -0.1) is 0 Å². The highest BCUT2D eigenvalue weighted by atomic mass is 19.1. The number of anilines is 2. The maximum atomic E-state index is 14.1. The molecular formula is C29H30F2N4O3. The average Bonchev–Trinajstić information content (AvgIpc) is 2.93. The van der Waals surface area contributed by atoms with E-state index in [1.165, 1.54) is 36.4 Å². The number of hydrogen-bond donors (Lipinski definition) is 1. The summed E-state index contributed by atoms with van der Waals surface area (Å²) in [7, 11) is 0. The van der Waals surface area contributed by atoms with Crippen LogP contribution in [0.25, 0.3) is 0 Å². The fourth-order valence-corrected chi connectivity index (χ4v) is 4.54. The summed E-state index contributed by atoms with van der Waals surface area (Å²) >= 11 is 0. The lowest BCUT2D eigenvalue weighted by atomic mass is 10.1. The minimum absolute atomic E-state index is 0.0905. The molecule has 0 unspecified atom stereocenters. The minimum Gasteiger partial charge on any atom is -0.367 e. The summed E-state index contributed by atoms with van der Waals surface area (Å²) in [5.41, 5.74) is 1.67. The largest absolute Gasteiger partial charge is 0.367 e. The Balaban J connectivity index is 1.56. The first-order valence-electron chi connectivity index (χ1n) is 12.6. The van der Waals surface area contributed by atoms with E-state index in [2.05, 4.69) is 5.32 Å². The van der Waals surface area contributed by atoms with Gasteiger partial charge >= 0.3 is 0 Å². The van der Waals surface area contributed by atoms with Gasteiger partial charge in [0.2, 0.25) is 0 Å². The molecule has 3 amide bonds. The molecule has 1 aliphatic rings. The Hall–Kier alpha value is -4.27. The Morgan fingerprint density at radius 3 is 2.21 bits per heavy atom. The summed E-state index contributed by atoms with van der Waals surface area (Å²) in [6, 6.07) is 16.4. The summed E-state index contributed by atoms with van der Waals surface area (Å²) in [4.78, 5) is 44.3. The molecule has 0 radical (unpaired) electrons. The molecule has 7 nitrogen and oxygen atoms in total. The van der Waals surface area contributed by atoms with Gasteiger partial charge in [0.1, 0.15) is 11.6 Å². The highest BCUT2D eigenvalue weighted by Crippen LogP contribution is 2.28. The summed E-state index contributed by atoms with van der Waals surface area (Å²) < 4.78 is 27.7. The lowest BCUT2D eigenvalue weighted by Crippen LogP contribution is -2.49. The topological polar surface area (TPSA) is 73.0 Å². The first kappa shape index (κ1) is 26.8. The molecule has 0 saturated carbocycles. The fraction of sp³-hybridized carbons (Fsp3) is 0.276. The maximum Gasteiger partial charge on any atom is 0.258 e. The van der Waals surface area contributed by atoms with Crippen molar-refractivity contribution in [2.45, 2.75) is 13.8 Å². The Bertz CT molecular complexity index is 1330. The molecule has 198 valence electrons. The van der Waals surface area contributed by atoms with Crippen LogP contribution in [0.1, 0.15) is 44.9 Å². The van der Waals surface area contributed by atoms with Gasteiger partial charge in [0.25, 0.3) is 17.7 Å². The molecule has 1 aliphatic heterocycles. The standard InChI is InChI=1S/C29H30F2N4O3/c1-3-33(4-2)29(38)24-19-22(32-27(36)23-10-5-6-11-25(23)31)12-13-26(24)34-14-16-35(17-15-34)28(37)20-8-7-9-21(30)18-20/h5-13,18-19H,3-4,14-17H2,1-2H3,(H,32,36). The fourth-order valence-electron chi connectivity index (χ4n) is 4.54. The molecule has 1 saturated heterocycles. The average molecular weight is 521 g/mol. The van der Waals surface area contributed by atoms with Crippen LogP contribution in [0.5, 0.6) is 0 Å². The zero-order valence-electron chi connectivity index (χ0n) is 21.4. The number of hydrogen-bond acceptors (Lipinski definition) is 4. The smallest absolute Gasteiger partial charge is 0.258 e. The Morgan fingerprint density at radius 1 is 0.842 bits per heavy atom. The molecular weight excluding hydrogens is 490 g/mol. The van der Waals surface area contributed by atoms with Crippen molar-refractivity contribution in [1.29, 1.82) is 0 Å². The van der Waals surface area contributed by atoms with Crippen molar-refractivity contribution < 1.29 is 23.2 Å². The zero-order chi connectivity index (χ0) is 27.2. The van der Waals surface area contributed by atoms with Crippen molar-refractivity contribution in [1.82, 2.24) is 9.80 Å². The second-order valence-electron chi connectivity index (χ2n) is 8.93. The van der Waals surface area contributed by atoms with Crippen LogP contribution in [-0.2, 0) is 0 Å². The number of halogens is 2. The van der Waals surface area contributed by atoms with Crippen molar-refractivity contribution in [3.05, 3.63) is 95.1 Å². The predicted molar refractivity (Wildman–Crippen MR) is 143 cm³/mol. The predicted octanol–water partition coefficient (Wildman–Crippen LogP) is 4.66. The molecule has 4 rings (SSSR count). The number of carbonyl (C=O) groups excluding carboxylic acids is 3. The van der Waals surface area contributed by atoms with Crippen molar-refractivity contribution >= 4 is 29.1 Å². The summed E-state index contributed by atoms with van der Waals surface area (Å²) in [5.74, 6) is -2.13. The van der Waals surface area contributed by atoms with Gasteiger partial charge in [-0.2, -0.15) is 0 Å². The van der Waals surface area contributed by atoms with E-state index in [9.17, 15) is 23.2 Å². The molecule has 0 aromatic heterocycles. The van der Waals surface area contributed by atoms with Gasteiger partial charge < -0.3 is 20.0 Å². The molecule has 0 spiro atoms. The van der Waals surface area contributed by atoms with Gasteiger partial charge in [-0.25, -0.2) is 8.78 Å². The quantitative estimate of drug-likeness (QED) is 0.492. The Kier molecular flexibility index (Phi) is 8.35. The van der Waals surface area contributed by atoms with Gasteiger partial charge in [-0.1, -0.05) is 18.2 Å². The second kappa shape index (κ2) is 11.9. The van der Waals surface area contributed by atoms with Gasteiger partial charge in [-0.05, 0) is 62.4 Å². The van der Waals surface area contributed by atoms with E-state index in [-0.39, 0.29) is 17.4 Å². The van der Waals surface area contributed by atoms with Crippen LogP contribution >= 0.6 is 0 Å². The number of amides is 3. The molecule has 3 aromatic rings. The second-order valence-corrected chi connectivity index (χ2v) is 8.93.